The third-order valence-electron chi connectivity index (χ3n) is 2.46. The van der Waals surface area contributed by atoms with Crippen molar-refractivity contribution in [3.05, 3.63) is 58.6 Å². The Bertz CT molecular complexity index is 511. The van der Waals surface area contributed by atoms with Gasteiger partial charge in [-0.25, -0.2) is 4.98 Å². The van der Waals surface area contributed by atoms with E-state index in [9.17, 15) is 4.39 Å². The first-order chi connectivity index (χ1) is 8.15. The summed E-state index contributed by atoms with van der Waals surface area (Å²) in [5.41, 5.74) is 2.91. The molecule has 0 unspecified atom stereocenters. The van der Waals surface area contributed by atoms with Gasteiger partial charge >= 0.3 is 0 Å². The number of benzene rings is 1. The fraction of sp³-hybridized carbons (Fsp3) is 0.154. The molecule has 4 heteroatoms. The zero-order chi connectivity index (χ0) is 12.3. The summed E-state index contributed by atoms with van der Waals surface area (Å²) in [6.45, 7) is 2.59. The third kappa shape index (κ3) is 3.17. The molecule has 1 heterocycles. The number of nitrogens with zero attached hydrogens (tertiary/aromatic N) is 1. The molecule has 2 rings (SSSR count). The average molecular weight is 251 g/mol. The highest BCUT2D eigenvalue weighted by atomic mass is 35.5. The molecule has 1 aromatic carbocycles. The van der Waals surface area contributed by atoms with Crippen LogP contribution in [0.4, 0.5) is 10.1 Å². The number of anilines is 1. The Morgan fingerprint density at radius 2 is 2.12 bits per heavy atom. The number of nitrogens with one attached hydrogen (secondary N) is 1. The predicted molar refractivity (Wildman–Crippen MR) is 67.7 cm³/mol. The minimum atomic E-state index is -0.478. The number of aryl methyl sites for hydroxylation is 1. The summed E-state index contributed by atoms with van der Waals surface area (Å²) in [6, 6.07) is 8.87. The van der Waals surface area contributed by atoms with Gasteiger partial charge in [0, 0.05) is 11.6 Å². The van der Waals surface area contributed by atoms with Crippen molar-refractivity contribution in [1.82, 2.24) is 4.98 Å². The number of hydrogen-bond acceptors (Lipinski definition) is 2. The lowest BCUT2D eigenvalue weighted by Crippen LogP contribution is -2.00. The van der Waals surface area contributed by atoms with Gasteiger partial charge < -0.3 is 5.32 Å². The molecule has 1 N–H and O–H groups in total. The van der Waals surface area contributed by atoms with Crippen molar-refractivity contribution < 1.29 is 4.39 Å². The standard InChI is InChI=1S/C13H12ClFN2/c1-9-2-3-10(6-12(9)14)7-16-11-4-5-13(15)17-8-11/h2-6,8,16H,7H2,1H3. The molecule has 0 aliphatic carbocycles. The molecule has 0 saturated heterocycles. The minimum Gasteiger partial charge on any atom is -0.380 e. The highest BCUT2D eigenvalue weighted by Gasteiger charge is 1.99. The van der Waals surface area contributed by atoms with E-state index >= 15 is 0 Å². The molecule has 17 heavy (non-hydrogen) atoms. The van der Waals surface area contributed by atoms with Crippen LogP contribution in [0.5, 0.6) is 0 Å². The zero-order valence-electron chi connectivity index (χ0n) is 9.37. The molecule has 0 saturated carbocycles. The van der Waals surface area contributed by atoms with Crippen LogP contribution < -0.4 is 5.32 Å². The van der Waals surface area contributed by atoms with Crippen molar-refractivity contribution in [2.24, 2.45) is 0 Å². The van der Waals surface area contributed by atoms with Crippen LogP contribution in [-0.4, -0.2) is 4.98 Å². The molecule has 2 nitrogen and oxygen atoms in total. The van der Waals surface area contributed by atoms with E-state index in [4.69, 9.17) is 11.6 Å². The molecule has 0 atom stereocenters. The van der Waals surface area contributed by atoms with E-state index in [1.54, 1.807) is 6.07 Å². The monoisotopic (exact) mass is 250 g/mol. The summed E-state index contributed by atoms with van der Waals surface area (Å²) >= 11 is 6.03. The number of aromatic nitrogens is 1. The fourth-order valence-electron chi connectivity index (χ4n) is 1.43. The van der Waals surface area contributed by atoms with E-state index < -0.39 is 5.95 Å². The van der Waals surface area contributed by atoms with Gasteiger partial charge in [0.2, 0.25) is 5.95 Å². The average Bonchev–Trinajstić information content (AvgIpc) is 2.33. The Kier molecular flexibility index (Phi) is 3.59. The van der Waals surface area contributed by atoms with Crippen LogP contribution >= 0.6 is 11.6 Å². The highest BCUT2D eigenvalue weighted by Crippen LogP contribution is 2.17. The van der Waals surface area contributed by atoms with Crippen molar-refractivity contribution in [2.75, 3.05) is 5.32 Å². The maximum Gasteiger partial charge on any atom is 0.212 e. The Hall–Kier alpha value is -1.61. The van der Waals surface area contributed by atoms with Gasteiger partial charge in [-0.1, -0.05) is 23.7 Å². The summed E-state index contributed by atoms with van der Waals surface area (Å²) in [4.78, 5) is 3.57. The van der Waals surface area contributed by atoms with E-state index in [1.165, 1.54) is 12.3 Å². The summed E-state index contributed by atoms with van der Waals surface area (Å²) in [5, 5.41) is 3.90. The predicted octanol–water partition coefficient (Wildman–Crippen LogP) is 3.79. The Morgan fingerprint density at radius 3 is 2.76 bits per heavy atom. The quantitative estimate of drug-likeness (QED) is 0.839. The zero-order valence-corrected chi connectivity index (χ0v) is 10.1. The normalized spacial score (nSPS) is 10.3. The van der Waals surface area contributed by atoms with E-state index in [2.05, 4.69) is 10.3 Å². The molecule has 0 amide bonds. The van der Waals surface area contributed by atoms with Crippen LogP contribution in [0, 0.1) is 12.9 Å². The summed E-state index contributed by atoms with van der Waals surface area (Å²) in [6.07, 6.45) is 1.46. The topological polar surface area (TPSA) is 24.9 Å². The van der Waals surface area contributed by atoms with E-state index in [0.29, 0.717) is 6.54 Å². The van der Waals surface area contributed by atoms with Crippen molar-refractivity contribution in [3.8, 4) is 0 Å². The van der Waals surface area contributed by atoms with Crippen LogP contribution in [-0.2, 0) is 6.54 Å². The molecule has 0 fully saturated rings. The molecule has 0 bridgehead atoms. The lowest BCUT2D eigenvalue weighted by Gasteiger charge is -2.07. The van der Waals surface area contributed by atoms with Crippen LogP contribution in [0.3, 0.4) is 0 Å². The van der Waals surface area contributed by atoms with Crippen LogP contribution in [0.25, 0.3) is 0 Å². The van der Waals surface area contributed by atoms with Gasteiger partial charge in [-0.05, 0) is 36.2 Å². The molecule has 2 aromatic rings. The number of hydrogen-bond donors (Lipinski definition) is 1. The highest BCUT2D eigenvalue weighted by molar-refractivity contribution is 6.31. The van der Waals surface area contributed by atoms with Gasteiger partial charge in [0.1, 0.15) is 0 Å². The summed E-state index contributed by atoms with van der Waals surface area (Å²) in [7, 11) is 0. The first kappa shape index (κ1) is 11.9. The summed E-state index contributed by atoms with van der Waals surface area (Å²) in [5.74, 6) is -0.478. The second kappa shape index (κ2) is 5.15. The van der Waals surface area contributed by atoms with Crippen LogP contribution in [0.2, 0.25) is 5.02 Å². The molecular weight excluding hydrogens is 239 g/mol. The van der Waals surface area contributed by atoms with Gasteiger partial charge in [-0.15, -0.1) is 0 Å². The largest absolute Gasteiger partial charge is 0.380 e. The fourth-order valence-corrected chi connectivity index (χ4v) is 1.63. The number of rotatable bonds is 3. The van der Waals surface area contributed by atoms with Crippen molar-refractivity contribution in [2.45, 2.75) is 13.5 Å². The SMILES string of the molecule is Cc1ccc(CNc2ccc(F)nc2)cc1Cl. The second-order valence-corrected chi connectivity index (χ2v) is 4.21. The lowest BCUT2D eigenvalue weighted by atomic mass is 10.1. The lowest BCUT2D eigenvalue weighted by molar-refractivity contribution is 0.584. The second-order valence-electron chi connectivity index (χ2n) is 3.81. The van der Waals surface area contributed by atoms with Gasteiger partial charge in [0.15, 0.2) is 0 Å². The Balaban J connectivity index is 2.02. The summed E-state index contributed by atoms with van der Waals surface area (Å²) < 4.78 is 12.6. The first-order valence-corrected chi connectivity index (χ1v) is 5.63. The molecule has 0 aliphatic heterocycles. The third-order valence-corrected chi connectivity index (χ3v) is 2.87. The maximum absolute atomic E-state index is 12.6. The van der Waals surface area contributed by atoms with Crippen LogP contribution in [0.1, 0.15) is 11.1 Å². The number of halogens is 2. The van der Waals surface area contributed by atoms with Crippen molar-refractivity contribution in [3.63, 3.8) is 0 Å². The van der Waals surface area contributed by atoms with E-state index in [1.807, 2.05) is 25.1 Å². The Morgan fingerprint density at radius 1 is 1.29 bits per heavy atom. The van der Waals surface area contributed by atoms with Gasteiger partial charge in [0.05, 0.1) is 11.9 Å². The van der Waals surface area contributed by atoms with Crippen molar-refractivity contribution >= 4 is 17.3 Å². The Labute approximate surface area is 104 Å². The van der Waals surface area contributed by atoms with E-state index in [-0.39, 0.29) is 0 Å². The molecule has 0 spiro atoms. The minimum absolute atomic E-state index is 0.478. The molecule has 88 valence electrons. The molecular formula is C13H12ClFN2. The van der Waals surface area contributed by atoms with Crippen LogP contribution in [0.15, 0.2) is 36.5 Å². The van der Waals surface area contributed by atoms with Gasteiger partial charge in [-0.2, -0.15) is 4.39 Å². The molecule has 0 aliphatic rings. The van der Waals surface area contributed by atoms with Crippen molar-refractivity contribution in [1.29, 1.82) is 0 Å². The molecule has 0 radical (unpaired) electrons. The first-order valence-electron chi connectivity index (χ1n) is 5.25. The van der Waals surface area contributed by atoms with Gasteiger partial charge in [-0.3, -0.25) is 0 Å². The molecule has 1 aromatic heterocycles. The number of pyridine rings is 1. The van der Waals surface area contributed by atoms with Gasteiger partial charge in [0.25, 0.3) is 0 Å². The van der Waals surface area contributed by atoms with E-state index in [0.717, 1.165) is 21.8 Å². The smallest absolute Gasteiger partial charge is 0.212 e. The maximum atomic E-state index is 12.6.